The Bertz CT molecular complexity index is 367. The van der Waals surface area contributed by atoms with Gasteiger partial charge in [-0.15, -0.1) is 0 Å². The first-order valence-corrected chi connectivity index (χ1v) is 5.70. The first-order chi connectivity index (χ1) is 7.69. The summed E-state index contributed by atoms with van der Waals surface area (Å²) in [4.78, 5) is 4.32. The maximum atomic E-state index is 5.67. The van der Waals surface area contributed by atoms with E-state index in [1.54, 1.807) is 13.3 Å². The van der Waals surface area contributed by atoms with Crippen LogP contribution in [0.2, 0.25) is 0 Å². The molecule has 2 rings (SSSR count). The Morgan fingerprint density at radius 2 is 2.31 bits per heavy atom. The predicted molar refractivity (Wildman–Crippen MR) is 65.4 cm³/mol. The van der Waals surface area contributed by atoms with Crippen LogP contribution in [-0.4, -0.2) is 24.2 Å². The molecule has 1 aromatic rings. The van der Waals surface area contributed by atoms with Gasteiger partial charge in [0.25, 0.3) is 0 Å². The van der Waals surface area contributed by atoms with E-state index < -0.39 is 0 Å². The van der Waals surface area contributed by atoms with Crippen LogP contribution < -0.4 is 11.1 Å². The summed E-state index contributed by atoms with van der Waals surface area (Å²) in [6.07, 6.45) is 5.42. The third-order valence-corrected chi connectivity index (χ3v) is 3.16. The molecule has 0 aliphatic heterocycles. The van der Waals surface area contributed by atoms with Crippen LogP contribution in [0.5, 0.6) is 0 Å². The molecule has 16 heavy (non-hydrogen) atoms. The van der Waals surface area contributed by atoms with Gasteiger partial charge < -0.3 is 15.8 Å². The number of hydrogen-bond acceptors (Lipinski definition) is 4. The number of ether oxygens (including phenoxy) is 1. The monoisotopic (exact) mass is 221 g/mol. The van der Waals surface area contributed by atoms with E-state index in [0.29, 0.717) is 17.8 Å². The van der Waals surface area contributed by atoms with Crippen LogP contribution in [0.4, 0.5) is 11.5 Å². The fraction of sp³-hybridized carbons (Fsp3) is 0.583. The number of hydrogen-bond donors (Lipinski definition) is 2. The molecule has 1 aliphatic carbocycles. The zero-order valence-corrected chi connectivity index (χ0v) is 9.86. The van der Waals surface area contributed by atoms with Crippen LogP contribution in [-0.2, 0) is 4.74 Å². The number of nitrogens with one attached hydrogen (secondary N) is 1. The van der Waals surface area contributed by atoms with Gasteiger partial charge in [0.05, 0.1) is 18.0 Å². The zero-order valence-electron chi connectivity index (χ0n) is 9.86. The number of pyridine rings is 1. The van der Waals surface area contributed by atoms with Crippen LogP contribution in [0.1, 0.15) is 24.8 Å². The molecular weight excluding hydrogens is 202 g/mol. The average molecular weight is 221 g/mol. The maximum absolute atomic E-state index is 5.67. The van der Waals surface area contributed by atoms with Crippen LogP contribution in [0.3, 0.4) is 0 Å². The lowest BCUT2D eigenvalue weighted by atomic mass is 10.2. The summed E-state index contributed by atoms with van der Waals surface area (Å²) in [6.45, 7) is 2.02. The average Bonchev–Trinajstić information content (AvgIpc) is 2.70. The number of aromatic nitrogens is 1. The van der Waals surface area contributed by atoms with Gasteiger partial charge in [-0.3, -0.25) is 0 Å². The Morgan fingerprint density at radius 1 is 1.50 bits per heavy atom. The molecule has 2 atom stereocenters. The summed E-state index contributed by atoms with van der Waals surface area (Å²) in [7, 11) is 1.78. The summed E-state index contributed by atoms with van der Waals surface area (Å²) in [5.41, 5.74) is 7.48. The first kappa shape index (κ1) is 11.2. The van der Waals surface area contributed by atoms with Crippen LogP contribution >= 0.6 is 0 Å². The molecule has 1 fully saturated rings. The van der Waals surface area contributed by atoms with Crippen LogP contribution in [0.25, 0.3) is 0 Å². The lowest BCUT2D eigenvalue weighted by molar-refractivity contribution is 0.108. The fourth-order valence-electron chi connectivity index (χ4n) is 2.23. The summed E-state index contributed by atoms with van der Waals surface area (Å²) < 4.78 is 5.35. The van der Waals surface area contributed by atoms with Gasteiger partial charge >= 0.3 is 0 Å². The molecule has 1 saturated carbocycles. The molecule has 0 radical (unpaired) electrons. The molecule has 1 heterocycles. The van der Waals surface area contributed by atoms with E-state index in [1.165, 1.54) is 0 Å². The number of nitrogens with two attached hydrogens (primary N) is 1. The standard InChI is InChI=1S/C12H19N3O/c1-8-5-9(13)7-14-12(8)15-10-3-4-11(6-10)16-2/h5,7,10-11H,3-4,6,13H2,1-2H3,(H,14,15). The molecule has 88 valence electrons. The van der Waals surface area contributed by atoms with E-state index in [2.05, 4.69) is 10.3 Å². The van der Waals surface area contributed by atoms with Gasteiger partial charge in [-0.2, -0.15) is 0 Å². The minimum Gasteiger partial charge on any atom is -0.397 e. The third kappa shape index (κ3) is 2.44. The van der Waals surface area contributed by atoms with Crippen molar-refractivity contribution in [3.05, 3.63) is 17.8 Å². The smallest absolute Gasteiger partial charge is 0.129 e. The van der Waals surface area contributed by atoms with Crippen molar-refractivity contribution in [1.29, 1.82) is 0 Å². The molecule has 4 heteroatoms. The van der Waals surface area contributed by atoms with Gasteiger partial charge in [-0.05, 0) is 37.8 Å². The maximum Gasteiger partial charge on any atom is 0.129 e. The van der Waals surface area contributed by atoms with E-state index in [-0.39, 0.29) is 0 Å². The molecule has 3 N–H and O–H groups in total. The summed E-state index contributed by atoms with van der Waals surface area (Å²) in [5, 5.41) is 3.45. The number of nitrogens with zero attached hydrogens (tertiary/aromatic N) is 1. The Labute approximate surface area is 96.2 Å². The molecule has 0 bridgehead atoms. The zero-order chi connectivity index (χ0) is 11.5. The molecule has 2 unspecified atom stereocenters. The highest BCUT2D eigenvalue weighted by molar-refractivity contribution is 5.51. The highest BCUT2D eigenvalue weighted by Gasteiger charge is 2.24. The van der Waals surface area contributed by atoms with Gasteiger partial charge in [0.1, 0.15) is 5.82 Å². The summed E-state index contributed by atoms with van der Waals surface area (Å²) >= 11 is 0. The number of anilines is 2. The largest absolute Gasteiger partial charge is 0.397 e. The number of nitrogen functional groups attached to an aromatic ring is 1. The Kier molecular flexibility index (Phi) is 3.29. The second-order valence-electron chi connectivity index (χ2n) is 4.45. The molecule has 1 aliphatic rings. The van der Waals surface area contributed by atoms with Crippen molar-refractivity contribution in [1.82, 2.24) is 4.98 Å². The van der Waals surface area contributed by atoms with Gasteiger partial charge in [-0.25, -0.2) is 4.98 Å². The van der Waals surface area contributed by atoms with Crippen molar-refractivity contribution in [2.45, 2.75) is 38.3 Å². The summed E-state index contributed by atoms with van der Waals surface area (Å²) in [5.74, 6) is 0.941. The van der Waals surface area contributed by atoms with Crippen molar-refractivity contribution >= 4 is 11.5 Å². The second kappa shape index (κ2) is 4.70. The fourth-order valence-corrected chi connectivity index (χ4v) is 2.23. The Hall–Kier alpha value is -1.29. The first-order valence-electron chi connectivity index (χ1n) is 5.70. The van der Waals surface area contributed by atoms with E-state index >= 15 is 0 Å². The topological polar surface area (TPSA) is 60.2 Å². The quantitative estimate of drug-likeness (QED) is 0.819. The lowest BCUT2D eigenvalue weighted by Gasteiger charge is -2.15. The molecule has 0 spiro atoms. The van der Waals surface area contributed by atoms with Crippen LogP contribution in [0.15, 0.2) is 12.3 Å². The van der Waals surface area contributed by atoms with Crippen molar-refractivity contribution < 1.29 is 4.74 Å². The molecule has 4 nitrogen and oxygen atoms in total. The Morgan fingerprint density at radius 3 is 2.94 bits per heavy atom. The highest BCUT2D eigenvalue weighted by atomic mass is 16.5. The molecule has 0 saturated heterocycles. The van der Waals surface area contributed by atoms with Crippen molar-refractivity contribution in [3.8, 4) is 0 Å². The number of methoxy groups -OCH3 is 1. The summed E-state index contributed by atoms with van der Waals surface area (Å²) in [6, 6.07) is 2.41. The highest BCUT2D eigenvalue weighted by Crippen LogP contribution is 2.25. The lowest BCUT2D eigenvalue weighted by Crippen LogP contribution is -2.18. The van der Waals surface area contributed by atoms with E-state index in [0.717, 1.165) is 30.6 Å². The van der Waals surface area contributed by atoms with Crippen molar-refractivity contribution in [2.75, 3.05) is 18.2 Å². The predicted octanol–water partition coefficient (Wildman–Crippen LogP) is 1.95. The number of aryl methyl sites for hydroxylation is 1. The van der Waals surface area contributed by atoms with Gasteiger partial charge in [0.2, 0.25) is 0 Å². The van der Waals surface area contributed by atoms with Gasteiger partial charge in [0.15, 0.2) is 0 Å². The Balaban J connectivity index is 1.99. The molecular formula is C12H19N3O. The third-order valence-electron chi connectivity index (χ3n) is 3.16. The van der Waals surface area contributed by atoms with Gasteiger partial charge in [-0.1, -0.05) is 0 Å². The van der Waals surface area contributed by atoms with Gasteiger partial charge in [0, 0.05) is 13.2 Å². The SMILES string of the molecule is COC1CCC(Nc2ncc(N)cc2C)C1. The van der Waals surface area contributed by atoms with E-state index in [4.69, 9.17) is 10.5 Å². The van der Waals surface area contributed by atoms with E-state index in [1.807, 2.05) is 13.0 Å². The minimum absolute atomic E-state index is 0.395. The second-order valence-corrected chi connectivity index (χ2v) is 4.45. The molecule has 0 aromatic carbocycles. The van der Waals surface area contributed by atoms with E-state index in [9.17, 15) is 0 Å². The van der Waals surface area contributed by atoms with Crippen LogP contribution in [0, 0.1) is 6.92 Å². The van der Waals surface area contributed by atoms with Crippen molar-refractivity contribution in [2.24, 2.45) is 0 Å². The molecule has 1 aromatic heterocycles. The number of rotatable bonds is 3. The minimum atomic E-state index is 0.395. The normalized spacial score (nSPS) is 24.6. The molecule has 0 amide bonds. The van der Waals surface area contributed by atoms with Crippen molar-refractivity contribution in [3.63, 3.8) is 0 Å².